The van der Waals surface area contributed by atoms with Crippen molar-refractivity contribution in [3.05, 3.63) is 0 Å². The predicted octanol–water partition coefficient (Wildman–Crippen LogP) is 2.33. The second-order valence-corrected chi connectivity index (χ2v) is 4.79. The summed E-state index contributed by atoms with van der Waals surface area (Å²) in [7, 11) is 0. The van der Waals surface area contributed by atoms with Crippen molar-refractivity contribution >= 4 is 0 Å². The lowest BCUT2D eigenvalue weighted by Gasteiger charge is -2.26. The highest BCUT2D eigenvalue weighted by Gasteiger charge is 2.27. The summed E-state index contributed by atoms with van der Waals surface area (Å²) in [6, 6.07) is 1.51. The summed E-state index contributed by atoms with van der Waals surface area (Å²) >= 11 is 0. The zero-order chi connectivity index (χ0) is 9.80. The molecule has 1 aliphatic heterocycles. The third-order valence-electron chi connectivity index (χ3n) is 3.78. The van der Waals surface area contributed by atoms with Crippen molar-refractivity contribution in [2.24, 2.45) is 5.92 Å². The van der Waals surface area contributed by atoms with Gasteiger partial charge in [0.25, 0.3) is 0 Å². The molecule has 2 rings (SSSR count). The Kier molecular flexibility index (Phi) is 3.82. The summed E-state index contributed by atoms with van der Waals surface area (Å²) in [6.45, 7) is 4.26. The Morgan fingerprint density at radius 2 is 2.07 bits per heavy atom. The number of nitrogens with one attached hydrogen (secondary N) is 1. The van der Waals surface area contributed by atoms with Gasteiger partial charge >= 0.3 is 0 Å². The van der Waals surface area contributed by atoms with Gasteiger partial charge < -0.3 is 10.1 Å². The first-order chi connectivity index (χ1) is 6.90. The number of hydrogen-bond acceptors (Lipinski definition) is 2. The zero-order valence-corrected chi connectivity index (χ0v) is 9.30. The lowest BCUT2D eigenvalue weighted by atomic mass is 9.96. The molecule has 0 aromatic carbocycles. The van der Waals surface area contributed by atoms with Crippen molar-refractivity contribution < 1.29 is 4.74 Å². The van der Waals surface area contributed by atoms with Crippen LogP contribution in [0.3, 0.4) is 0 Å². The van der Waals surface area contributed by atoms with Crippen LogP contribution in [0.2, 0.25) is 0 Å². The van der Waals surface area contributed by atoms with E-state index in [-0.39, 0.29) is 0 Å². The van der Waals surface area contributed by atoms with E-state index in [1.54, 1.807) is 0 Å². The standard InChI is InChI=1S/C12H23NO/c1-2-12(10-7-8-14-9-10)13-11-5-3-4-6-11/h10-13H,2-9H2,1H3. The van der Waals surface area contributed by atoms with Gasteiger partial charge in [-0.15, -0.1) is 0 Å². The van der Waals surface area contributed by atoms with Crippen molar-refractivity contribution in [3.8, 4) is 0 Å². The van der Waals surface area contributed by atoms with Crippen LogP contribution in [0.5, 0.6) is 0 Å². The molecular weight excluding hydrogens is 174 g/mol. The van der Waals surface area contributed by atoms with Crippen molar-refractivity contribution in [1.29, 1.82) is 0 Å². The molecule has 1 N–H and O–H groups in total. The second kappa shape index (κ2) is 5.13. The van der Waals surface area contributed by atoms with Crippen LogP contribution in [0.25, 0.3) is 0 Å². The van der Waals surface area contributed by atoms with Crippen LogP contribution in [-0.4, -0.2) is 25.3 Å². The first-order valence-electron chi connectivity index (χ1n) is 6.24. The SMILES string of the molecule is CCC(NC1CCCC1)C1CCOC1. The van der Waals surface area contributed by atoms with Gasteiger partial charge in [-0.05, 0) is 31.6 Å². The molecule has 2 atom stereocenters. The molecule has 2 heteroatoms. The maximum absolute atomic E-state index is 5.46. The van der Waals surface area contributed by atoms with E-state index in [2.05, 4.69) is 12.2 Å². The van der Waals surface area contributed by atoms with Crippen LogP contribution < -0.4 is 5.32 Å². The quantitative estimate of drug-likeness (QED) is 0.747. The summed E-state index contributed by atoms with van der Waals surface area (Å²) in [5.74, 6) is 0.778. The Bertz CT molecular complexity index is 160. The predicted molar refractivity (Wildman–Crippen MR) is 58.4 cm³/mol. The highest BCUT2D eigenvalue weighted by Crippen LogP contribution is 2.23. The molecule has 2 nitrogen and oxygen atoms in total. The molecule has 82 valence electrons. The normalized spacial score (nSPS) is 31.1. The molecule has 14 heavy (non-hydrogen) atoms. The molecule has 0 bridgehead atoms. The molecule has 2 aliphatic rings. The molecule has 0 aromatic rings. The minimum absolute atomic E-state index is 0.709. The summed E-state index contributed by atoms with van der Waals surface area (Å²) in [5.41, 5.74) is 0. The lowest BCUT2D eigenvalue weighted by Crippen LogP contribution is -2.41. The van der Waals surface area contributed by atoms with E-state index in [1.165, 1.54) is 38.5 Å². The fraction of sp³-hybridized carbons (Fsp3) is 1.00. The maximum atomic E-state index is 5.46. The number of ether oxygens (including phenoxy) is 1. The van der Waals surface area contributed by atoms with E-state index in [0.29, 0.717) is 6.04 Å². The van der Waals surface area contributed by atoms with Gasteiger partial charge in [-0.2, -0.15) is 0 Å². The minimum atomic E-state index is 0.709. The van der Waals surface area contributed by atoms with Crippen LogP contribution in [0, 0.1) is 5.92 Å². The van der Waals surface area contributed by atoms with Crippen molar-refractivity contribution in [3.63, 3.8) is 0 Å². The molecule has 0 radical (unpaired) electrons. The van der Waals surface area contributed by atoms with Gasteiger partial charge in [0.15, 0.2) is 0 Å². The molecule has 0 amide bonds. The summed E-state index contributed by atoms with van der Waals surface area (Å²) in [4.78, 5) is 0. The van der Waals surface area contributed by atoms with Crippen molar-refractivity contribution in [2.45, 2.75) is 57.5 Å². The largest absolute Gasteiger partial charge is 0.381 e. The molecule has 2 fully saturated rings. The van der Waals surface area contributed by atoms with E-state index < -0.39 is 0 Å². The van der Waals surface area contributed by atoms with Crippen molar-refractivity contribution in [2.75, 3.05) is 13.2 Å². The molecule has 0 aromatic heterocycles. The first-order valence-corrected chi connectivity index (χ1v) is 6.24. The van der Waals surface area contributed by atoms with Crippen LogP contribution in [0.15, 0.2) is 0 Å². The van der Waals surface area contributed by atoms with E-state index in [9.17, 15) is 0 Å². The fourth-order valence-corrected chi connectivity index (χ4v) is 2.85. The lowest BCUT2D eigenvalue weighted by molar-refractivity contribution is 0.173. The highest BCUT2D eigenvalue weighted by atomic mass is 16.5. The molecular formula is C12H23NO. The summed E-state index contributed by atoms with van der Waals surface area (Å²) in [5, 5.41) is 3.83. The first kappa shape index (κ1) is 10.4. The van der Waals surface area contributed by atoms with Crippen LogP contribution in [-0.2, 0) is 4.74 Å². The molecule has 1 aliphatic carbocycles. The van der Waals surface area contributed by atoms with Crippen LogP contribution >= 0.6 is 0 Å². The summed E-state index contributed by atoms with van der Waals surface area (Å²) in [6.07, 6.45) is 8.15. The average Bonchev–Trinajstić information content (AvgIpc) is 2.86. The van der Waals surface area contributed by atoms with Gasteiger partial charge in [0.1, 0.15) is 0 Å². The minimum Gasteiger partial charge on any atom is -0.381 e. The Balaban J connectivity index is 1.79. The number of rotatable bonds is 4. The van der Waals surface area contributed by atoms with Gasteiger partial charge in [-0.1, -0.05) is 19.8 Å². The highest BCUT2D eigenvalue weighted by molar-refractivity contribution is 4.83. The maximum Gasteiger partial charge on any atom is 0.0510 e. The van der Waals surface area contributed by atoms with Gasteiger partial charge in [-0.3, -0.25) is 0 Å². The molecule has 1 saturated heterocycles. The van der Waals surface area contributed by atoms with E-state index in [4.69, 9.17) is 4.74 Å². The Hall–Kier alpha value is -0.0800. The van der Waals surface area contributed by atoms with Gasteiger partial charge in [0.05, 0.1) is 6.61 Å². The third kappa shape index (κ3) is 2.48. The van der Waals surface area contributed by atoms with E-state index >= 15 is 0 Å². The van der Waals surface area contributed by atoms with E-state index in [1.807, 2.05) is 0 Å². The Morgan fingerprint density at radius 1 is 1.29 bits per heavy atom. The number of hydrogen-bond donors (Lipinski definition) is 1. The molecule has 1 heterocycles. The molecule has 1 saturated carbocycles. The van der Waals surface area contributed by atoms with Crippen LogP contribution in [0.4, 0.5) is 0 Å². The van der Waals surface area contributed by atoms with Crippen LogP contribution in [0.1, 0.15) is 45.4 Å². The van der Waals surface area contributed by atoms with Gasteiger partial charge in [0.2, 0.25) is 0 Å². The Labute approximate surface area is 87.4 Å². The monoisotopic (exact) mass is 197 g/mol. The topological polar surface area (TPSA) is 21.3 Å². The Morgan fingerprint density at radius 3 is 2.64 bits per heavy atom. The van der Waals surface area contributed by atoms with Crippen molar-refractivity contribution in [1.82, 2.24) is 5.32 Å². The second-order valence-electron chi connectivity index (χ2n) is 4.79. The molecule has 2 unspecified atom stereocenters. The van der Waals surface area contributed by atoms with Gasteiger partial charge in [-0.25, -0.2) is 0 Å². The fourth-order valence-electron chi connectivity index (χ4n) is 2.85. The van der Waals surface area contributed by atoms with Gasteiger partial charge in [0, 0.05) is 18.7 Å². The molecule has 0 spiro atoms. The third-order valence-corrected chi connectivity index (χ3v) is 3.78. The van der Waals surface area contributed by atoms with E-state index in [0.717, 1.165) is 25.2 Å². The zero-order valence-electron chi connectivity index (χ0n) is 9.30. The average molecular weight is 197 g/mol. The smallest absolute Gasteiger partial charge is 0.0510 e. The summed E-state index contributed by atoms with van der Waals surface area (Å²) < 4.78 is 5.46.